The monoisotopic (exact) mass is 710 g/mol. The number of ether oxygens (including phenoxy) is 1. The summed E-state index contributed by atoms with van der Waals surface area (Å²) >= 11 is 3.62. The molecule has 2 fully saturated rings. The van der Waals surface area contributed by atoms with E-state index < -0.39 is 13.9 Å². The molecular weight excluding hydrogens is 668 g/mol. The van der Waals surface area contributed by atoms with Crippen molar-refractivity contribution in [2.45, 2.75) is 76.0 Å². The third-order valence-corrected chi connectivity index (χ3v) is 12.8. The molecule has 3 aromatic rings. The highest BCUT2D eigenvalue weighted by atomic mass is 79.9. The number of aromatic nitrogens is 3. The first kappa shape index (κ1) is 33.0. The van der Waals surface area contributed by atoms with Crippen molar-refractivity contribution in [2.75, 3.05) is 29.9 Å². The number of amides is 2. The molecule has 0 saturated carbocycles. The molecule has 13 heteroatoms. The number of aliphatic hydroxyl groups excluding tert-OH is 1. The van der Waals surface area contributed by atoms with Crippen LogP contribution >= 0.6 is 15.9 Å². The maximum atomic E-state index is 14.7. The number of carbonyl (C=O) groups excluding carboxylic acids is 2. The van der Waals surface area contributed by atoms with Gasteiger partial charge in [0.1, 0.15) is 0 Å². The molecule has 2 amide bonds. The maximum absolute atomic E-state index is 14.7. The van der Waals surface area contributed by atoms with Crippen LogP contribution in [0.15, 0.2) is 53.1 Å². The van der Waals surface area contributed by atoms with Crippen LogP contribution in [0.4, 0.5) is 11.4 Å². The Morgan fingerprint density at radius 1 is 1.24 bits per heavy atom. The van der Waals surface area contributed by atoms with E-state index in [1.54, 1.807) is 9.58 Å². The molecule has 2 saturated heterocycles. The summed E-state index contributed by atoms with van der Waals surface area (Å²) in [6.07, 6.45) is 4.32. The van der Waals surface area contributed by atoms with Crippen molar-refractivity contribution in [3.8, 4) is 0 Å². The summed E-state index contributed by atoms with van der Waals surface area (Å²) in [4.78, 5) is 40.8. The zero-order valence-electron chi connectivity index (χ0n) is 26.6. The molecule has 46 heavy (non-hydrogen) atoms. The van der Waals surface area contributed by atoms with E-state index in [2.05, 4.69) is 36.9 Å². The van der Waals surface area contributed by atoms with E-state index in [4.69, 9.17) is 4.74 Å². The van der Waals surface area contributed by atoms with Crippen molar-refractivity contribution >= 4 is 47.4 Å². The Bertz CT molecular complexity index is 1570. The van der Waals surface area contributed by atoms with Gasteiger partial charge in [0.05, 0.1) is 29.9 Å². The van der Waals surface area contributed by atoms with E-state index in [0.29, 0.717) is 38.2 Å². The minimum Gasteiger partial charge on any atom is -0.432 e. The Kier molecular flexibility index (Phi) is 9.52. The lowest BCUT2D eigenvalue weighted by molar-refractivity contribution is -0.146. The van der Waals surface area contributed by atoms with Gasteiger partial charge < -0.3 is 30.2 Å². The highest BCUT2D eigenvalue weighted by Crippen LogP contribution is 2.60. The van der Waals surface area contributed by atoms with Gasteiger partial charge in [0, 0.05) is 59.5 Å². The smallest absolute Gasteiger partial charge is 0.264 e. The van der Waals surface area contributed by atoms with Gasteiger partial charge in [-0.05, 0) is 74.8 Å². The largest absolute Gasteiger partial charge is 0.432 e. The fourth-order valence-corrected chi connectivity index (χ4v) is 10.6. The lowest BCUT2D eigenvalue weighted by atomic mass is 9.82. The number of hydrogen-bond acceptors (Lipinski definition) is 8. The Hall–Kier alpha value is -2.94. The average molecular weight is 712 g/mol. The van der Waals surface area contributed by atoms with Crippen molar-refractivity contribution in [1.29, 1.82) is 0 Å². The minimum atomic E-state index is -2.81. The molecule has 1 aromatic heterocycles. The molecule has 5 atom stereocenters. The number of benzene rings is 2. The van der Waals surface area contributed by atoms with Gasteiger partial charge in [0.2, 0.25) is 5.91 Å². The number of hydrogen-bond donors (Lipinski definition) is 4. The molecule has 4 N–H and O–H groups in total. The summed E-state index contributed by atoms with van der Waals surface area (Å²) in [5.41, 5.74) is 2.53. The number of rotatable bonds is 10. The van der Waals surface area contributed by atoms with E-state index in [1.807, 2.05) is 68.7 Å². The predicted molar refractivity (Wildman–Crippen MR) is 181 cm³/mol. The van der Waals surface area contributed by atoms with Gasteiger partial charge in [-0.1, -0.05) is 40.2 Å². The molecule has 1 unspecified atom stereocenters. The highest BCUT2D eigenvalue weighted by molar-refractivity contribution is 9.10. The standard InChI is InChI=1S/C33H43BrN6O5Si/c1-21-30(46(2,3)44)29(12-15-39-20-26(13-16-41)37-38-39)45-33(21)27-17-24(34)8-11-28(27)40(32(33)43)19-22-6-9-25(10-7-22)36-31(42)23-5-4-14-35-18-23/h6-11,17,20-21,23,29-30,35,41,44H,4-5,12-16,18-19H2,1-3H3,(H,36,42)/t21-,23?,29+,30-,33+/m0/s1. The number of aliphatic hydroxyl groups is 1. The molecule has 0 radical (unpaired) electrons. The van der Waals surface area contributed by atoms with Crippen LogP contribution in [-0.2, 0) is 39.4 Å². The highest BCUT2D eigenvalue weighted by Gasteiger charge is 2.66. The quantitative estimate of drug-likeness (QED) is 0.232. The normalized spacial score (nSPS) is 26.1. The van der Waals surface area contributed by atoms with Gasteiger partial charge in [-0.25, -0.2) is 0 Å². The fraction of sp³-hybridized carbons (Fsp3) is 0.515. The van der Waals surface area contributed by atoms with Gasteiger partial charge in [-0.3, -0.25) is 14.3 Å². The number of carbonyl (C=O) groups is 2. The molecule has 1 spiro atoms. The molecule has 4 heterocycles. The summed E-state index contributed by atoms with van der Waals surface area (Å²) in [6.45, 7) is 8.38. The molecule has 0 aliphatic carbocycles. The second-order valence-electron chi connectivity index (χ2n) is 13.4. The van der Waals surface area contributed by atoms with Crippen molar-refractivity contribution in [3.63, 3.8) is 0 Å². The molecule has 11 nitrogen and oxygen atoms in total. The lowest BCUT2D eigenvalue weighted by Crippen LogP contribution is -2.46. The van der Waals surface area contributed by atoms with Crippen LogP contribution in [0.25, 0.3) is 0 Å². The first-order valence-electron chi connectivity index (χ1n) is 16.1. The van der Waals surface area contributed by atoms with Gasteiger partial charge in [0.15, 0.2) is 13.9 Å². The Morgan fingerprint density at radius 2 is 2.02 bits per heavy atom. The van der Waals surface area contributed by atoms with Crippen molar-refractivity contribution in [1.82, 2.24) is 20.3 Å². The summed E-state index contributed by atoms with van der Waals surface area (Å²) < 4.78 is 9.51. The molecule has 2 aromatic carbocycles. The van der Waals surface area contributed by atoms with Crippen LogP contribution in [0.3, 0.4) is 0 Å². The van der Waals surface area contributed by atoms with Crippen LogP contribution in [-0.4, -0.2) is 70.8 Å². The van der Waals surface area contributed by atoms with Crippen molar-refractivity contribution < 1.29 is 24.2 Å². The third-order valence-electron chi connectivity index (χ3n) is 9.77. The van der Waals surface area contributed by atoms with Gasteiger partial charge in [0.25, 0.3) is 5.91 Å². The molecule has 6 rings (SSSR count). The second-order valence-corrected chi connectivity index (χ2v) is 18.3. The summed E-state index contributed by atoms with van der Waals surface area (Å²) in [6, 6.07) is 13.5. The number of aryl methyl sites for hydroxylation is 1. The van der Waals surface area contributed by atoms with Crippen LogP contribution in [0.1, 0.15) is 43.0 Å². The van der Waals surface area contributed by atoms with E-state index >= 15 is 0 Å². The summed E-state index contributed by atoms with van der Waals surface area (Å²) in [5.74, 6) is -0.415. The van der Waals surface area contributed by atoms with E-state index in [9.17, 15) is 19.5 Å². The summed E-state index contributed by atoms with van der Waals surface area (Å²) in [5, 5.41) is 23.9. The first-order valence-corrected chi connectivity index (χ1v) is 20.0. The van der Waals surface area contributed by atoms with Crippen molar-refractivity contribution in [2.24, 2.45) is 11.8 Å². The van der Waals surface area contributed by atoms with Crippen molar-refractivity contribution in [3.05, 3.63) is 70.0 Å². The third kappa shape index (κ3) is 6.32. The minimum absolute atomic E-state index is 0.00344. The van der Waals surface area contributed by atoms with Gasteiger partial charge >= 0.3 is 0 Å². The first-order chi connectivity index (χ1) is 22.0. The number of anilines is 2. The average Bonchev–Trinajstić information content (AvgIpc) is 3.67. The van der Waals surface area contributed by atoms with E-state index in [-0.39, 0.29) is 41.9 Å². The fourth-order valence-electron chi connectivity index (χ4n) is 7.61. The second kappa shape index (κ2) is 13.3. The predicted octanol–water partition coefficient (Wildman–Crippen LogP) is 3.95. The Morgan fingerprint density at radius 3 is 2.72 bits per heavy atom. The number of nitrogens with one attached hydrogen (secondary N) is 2. The van der Waals surface area contributed by atoms with Crippen LogP contribution < -0.4 is 15.5 Å². The molecule has 3 aliphatic heterocycles. The zero-order valence-corrected chi connectivity index (χ0v) is 29.2. The number of fused-ring (bicyclic) bond motifs is 2. The van der Waals surface area contributed by atoms with Gasteiger partial charge in [-0.2, -0.15) is 0 Å². The molecule has 3 aliphatic rings. The van der Waals surface area contributed by atoms with Crippen LogP contribution in [0, 0.1) is 11.8 Å². The van der Waals surface area contributed by atoms with E-state index in [0.717, 1.165) is 46.4 Å². The van der Waals surface area contributed by atoms with Crippen LogP contribution in [0.5, 0.6) is 0 Å². The number of nitrogens with zero attached hydrogens (tertiary/aromatic N) is 4. The Labute approximate surface area is 279 Å². The molecular formula is C33H43BrN6O5Si. The zero-order chi connectivity index (χ0) is 32.6. The molecule has 246 valence electrons. The number of halogens is 1. The molecule has 0 bridgehead atoms. The number of piperidine rings is 1. The van der Waals surface area contributed by atoms with Crippen LogP contribution in [0.2, 0.25) is 18.6 Å². The lowest BCUT2D eigenvalue weighted by Gasteiger charge is -2.32. The Balaban J connectivity index is 1.24. The van der Waals surface area contributed by atoms with Gasteiger partial charge in [-0.15, -0.1) is 5.10 Å². The topological polar surface area (TPSA) is 142 Å². The summed E-state index contributed by atoms with van der Waals surface area (Å²) in [7, 11) is -2.81. The SMILES string of the molecule is C[C@H]1[C@H]([Si](C)(C)O)[C@@H](CCn2cc(CCO)nn2)O[C@]12C(=O)N(Cc1ccc(NC(=O)C3CCCNC3)cc1)c1ccc(Br)cc12. The van der Waals surface area contributed by atoms with E-state index in [1.165, 1.54) is 0 Å². The maximum Gasteiger partial charge on any atom is 0.264 e.